The fraction of sp³-hybridized carbons (Fsp3) is 0.400. The number of aryl methyl sites for hydroxylation is 1. The Morgan fingerprint density at radius 2 is 1.74 bits per heavy atom. The highest BCUT2D eigenvalue weighted by Crippen LogP contribution is 2.36. The van der Waals surface area contributed by atoms with Crippen molar-refractivity contribution < 1.29 is 17.6 Å². The molecule has 0 radical (unpaired) electrons. The molecule has 1 heterocycles. The van der Waals surface area contributed by atoms with Gasteiger partial charge in [0.2, 0.25) is 0 Å². The first kappa shape index (κ1) is 20.2. The fourth-order valence-electron chi connectivity index (χ4n) is 3.68. The van der Waals surface area contributed by atoms with Crippen LogP contribution in [0.15, 0.2) is 36.4 Å². The van der Waals surface area contributed by atoms with E-state index in [9.17, 15) is 13.2 Å². The van der Waals surface area contributed by atoms with E-state index in [1.165, 1.54) is 12.1 Å². The van der Waals surface area contributed by atoms with Crippen LogP contribution >= 0.6 is 11.9 Å². The Balaban J connectivity index is 1.96. The lowest BCUT2D eigenvalue weighted by atomic mass is 9.94. The summed E-state index contributed by atoms with van der Waals surface area (Å²) in [5.41, 5.74) is 1.06. The van der Waals surface area contributed by atoms with E-state index < -0.39 is 29.6 Å². The van der Waals surface area contributed by atoms with Gasteiger partial charge in [0.05, 0.1) is 12.6 Å². The molecule has 0 spiro atoms. The molecule has 1 aliphatic heterocycles. The molecule has 146 valence electrons. The predicted octanol–water partition coefficient (Wildman–Crippen LogP) is 4.67. The van der Waals surface area contributed by atoms with Crippen molar-refractivity contribution in [3.63, 3.8) is 0 Å². The molecular weight excluding hydrogens is 376 g/mol. The van der Waals surface area contributed by atoms with Gasteiger partial charge in [0.15, 0.2) is 0 Å². The first-order chi connectivity index (χ1) is 12.8. The molecule has 1 fully saturated rings. The van der Waals surface area contributed by atoms with Gasteiger partial charge in [-0.3, -0.25) is 9.62 Å². The van der Waals surface area contributed by atoms with Gasteiger partial charge in [-0.05, 0) is 37.8 Å². The van der Waals surface area contributed by atoms with Crippen molar-refractivity contribution in [2.45, 2.75) is 31.4 Å². The molecule has 27 heavy (non-hydrogen) atoms. The van der Waals surface area contributed by atoms with Gasteiger partial charge in [-0.25, -0.2) is 17.6 Å². The second kappa shape index (κ2) is 7.81. The number of benzene rings is 2. The minimum atomic E-state index is -2.90. The van der Waals surface area contributed by atoms with Crippen LogP contribution in [0.2, 0.25) is 0 Å². The van der Waals surface area contributed by atoms with Gasteiger partial charge in [0.25, 0.3) is 5.92 Å². The average Bonchev–Trinajstić information content (AvgIpc) is 2.82. The van der Waals surface area contributed by atoms with E-state index in [1.54, 1.807) is 49.4 Å². The molecule has 1 aliphatic rings. The lowest BCUT2D eigenvalue weighted by Gasteiger charge is -2.26. The van der Waals surface area contributed by atoms with Crippen molar-refractivity contribution in [2.24, 2.45) is 0 Å². The molecule has 7 heteroatoms. The smallest absolute Gasteiger partial charge is 0.277 e. The first-order valence-corrected chi connectivity index (χ1v) is 9.88. The second-order valence-corrected chi connectivity index (χ2v) is 7.61. The second-order valence-electron chi connectivity index (χ2n) is 6.96. The minimum absolute atomic E-state index is 0.109. The van der Waals surface area contributed by atoms with E-state index in [0.29, 0.717) is 11.1 Å². The van der Waals surface area contributed by atoms with Gasteiger partial charge in [0, 0.05) is 17.2 Å². The number of hydrogen-bond donors (Lipinski definition) is 1. The summed E-state index contributed by atoms with van der Waals surface area (Å²) in [7, 11) is 1.61. The molecule has 2 aromatic carbocycles. The number of alkyl halides is 2. The maximum Gasteiger partial charge on any atom is 0.277 e. The van der Waals surface area contributed by atoms with Crippen LogP contribution in [-0.4, -0.2) is 42.8 Å². The van der Waals surface area contributed by atoms with Crippen LogP contribution in [-0.2, 0) is 6.42 Å². The molecule has 3 rings (SSSR count). The van der Waals surface area contributed by atoms with E-state index in [0.717, 1.165) is 11.9 Å². The molecule has 0 aliphatic carbocycles. The van der Waals surface area contributed by atoms with Crippen molar-refractivity contribution in [3.05, 3.63) is 59.2 Å². The summed E-state index contributed by atoms with van der Waals surface area (Å²) in [6, 6.07) is 7.89. The van der Waals surface area contributed by atoms with Crippen LogP contribution in [0.4, 0.5) is 17.6 Å². The van der Waals surface area contributed by atoms with Gasteiger partial charge >= 0.3 is 0 Å². The van der Waals surface area contributed by atoms with E-state index in [-0.39, 0.29) is 24.1 Å². The maximum atomic E-state index is 15.2. The van der Waals surface area contributed by atoms with Crippen LogP contribution in [0.1, 0.15) is 11.1 Å². The molecule has 2 atom stereocenters. The Labute approximate surface area is 161 Å². The first-order valence-electron chi connectivity index (χ1n) is 8.65. The monoisotopic (exact) mass is 398 g/mol. The van der Waals surface area contributed by atoms with E-state index in [2.05, 4.69) is 4.72 Å². The summed E-state index contributed by atoms with van der Waals surface area (Å²) in [6.45, 7) is 1.23. The highest BCUT2D eigenvalue weighted by atomic mass is 32.2. The van der Waals surface area contributed by atoms with E-state index >= 15 is 4.39 Å². The lowest BCUT2D eigenvalue weighted by molar-refractivity contribution is -0.00423. The zero-order valence-corrected chi connectivity index (χ0v) is 16.2. The normalized spacial score (nSPS) is 22.3. The average molecular weight is 398 g/mol. The summed E-state index contributed by atoms with van der Waals surface area (Å²) >= 11 is 1.13. The fourth-order valence-corrected chi connectivity index (χ4v) is 4.26. The molecule has 0 aromatic heterocycles. The largest absolute Gasteiger partial charge is 0.295 e. The highest BCUT2D eigenvalue weighted by molar-refractivity contribution is 7.96. The van der Waals surface area contributed by atoms with Crippen LogP contribution in [0, 0.1) is 18.6 Å². The Kier molecular flexibility index (Phi) is 5.84. The molecule has 2 unspecified atom stereocenters. The van der Waals surface area contributed by atoms with Crippen molar-refractivity contribution in [3.8, 4) is 11.1 Å². The third-order valence-corrected chi connectivity index (χ3v) is 5.59. The standard InChI is InChI=1S/C20H22F4N2S/c1-12-6-4-8-14(17(12)21)15-9-5-7-13(18(15)22)10-16-19(25-27-3)20(23,24)11-26(16)2/h4-9,16,19,25H,10-11H2,1-3H3. The third-order valence-electron chi connectivity index (χ3n) is 5.10. The maximum absolute atomic E-state index is 15.2. The molecule has 2 aromatic rings. The van der Waals surface area contributed by atoms with Crippen molar-refractivity contribution in [1.82, 2.24) is 9.62 Å². The highest BCUT2D eigenvalue weighted by Gasteiger charge is 2.53. The van der Waals surface area contributed by atoms with Crippen LogP contribution in [0.5, 0.6) is 0 Å². The lowest BCUT2D eigenvalue weighted by Crippen LogP contribution is -2.46. The summed E-state index contributed by atoms with van der Waals surface area (Å²) < 4.78 is 60.9. The van der Waals surface area contributed by atoms with Crippen molar-refractivity contribution in [2.75, 3.05) is 19.8 Å². The Morgan fingerprint density at radius 3 is 2.41 bits per heavy atom. The van der Waals surface area contributed by atoms with E-state index in [4.69, 9.17) is 0 Å². The molecule has 2 nitrogen and oxygen atoms in total. The van der Waals surface area contributed by atoms with Crippen LogP contribution < -0.4 is 4.72 Å². The summed E-state index contributed by atoms with van der Waals surface area (Å²) in [5, 5.41) is 0. The zero-order valence-electron chi connectivity index (χ0n) is 15.4. The number of nitrogens with zero attached hydrogens (tertiary/aromatic N) is 1. The molecule has 0 bridgehead atoms. The number of hydrogen-bond acceptors (Lipinski definition) is 3. The molecule has 0 saturated carbocycles. The third kappa shape index (κ3) is 3.86. The molecule has 0 amide bonds. The Hall–Kier alpha value is -1.57. The number of rotatable bonds is 5. The summed E-state index contributed by atoms with van der Waals surface area (Å²) in [5.74, 6) is -3.94. The number of nitrogens with one attached hydrogen (secondary N) is 1. The molecule has 1 N–H and O–H groups in total. The van der Waals surface area contributed by atoms with Crippen molar-refractivity contribution in [1.29, 1.82) is 0 Å². The number of likely N-dealkylation sites (tertiary alicyclic amines) is 1. The van der Waals surface area contributed by atoms with Crippen LogP contribution in [0.25, 0.3) is 11.1 Å². The van der Waals surface area contributed by atoms with Gasteiger partial charge in [-0.2, -0.15) is 0 Å². The summed E-state index contributed by atoms with van der Waals surface area (Å²) in [4.78, 5) is 1.55. The number of halogens is 4. The van der Waals surface area contributed by atoms with Gasteiger partial charge in [-0.1, -0.05) is 48.3 Å². The number of likely N-dealkylation sites (N-methyl/N-ethyl adjacent to an activating group) is 1. The van der Waals surface area contributed by atoms with Crippen molar-refractivity contribution >= 4 is 11.9 Å². The molecule has 1 saturated heterocycles. The SMILES string of the molecule is CSNC1C(Cc2cccc(-c3cccc(C)c3F)c2F)N(C)CC1(F)F. The summed E-state index contributed by atoms with van der Waals surface area (Å²) in [6.07, 6.45) is 1.80. The Morgan fingerprint density at radius 1 is 1.11 bits per heavy atom. The van der Waals surface area contributed by atoms with Gasteiger partial charge in [-0.15, -0.1) is 0 Å². The van der Waals surface area contributed by atoms with Crippen LogP contribution in [0.3, 0.4) is 0 Å². The van der Waals surface area contributed by atoms with Gasteiger partial charge in [0.1, 0.15) is 11.6 Å². The minimum Gasteiger partial charge on any atom is -0.295 e. The van der Waals surface area contributed by atoms with E-state index in [1.807, 2.05) is 0 Å². The predicted molar refractivity (Wildman–Crippen MR) is 102 cm³/mol. The topological polar surface area (TPSA) is 15.3 Å². The van der Waals surface area contributed by atoms with Gasteiger partial charge < -0.3 is 0 Å². The quantitative estimate of drug-likeness (QED) is 0.582. The Bertz CT molecular complexity index is 828. The zero-order chi connectivity index (χ0) is 19.8. The molecular formula is C20H22F4N2S.